The number of halogens is 1. The van der Waals surface area contributed by atoms with Gasteiger partial charge in [-0.05, 0) is 43.0 Å². The first-order chi connectivity index (χ1) is 11.7. The minimum atomic E-state index is -3.92. The Bertz CT molecular complexity index is 715. The van der Waals surface area contributed by atoms with Crippen LogP contribution in [-0.2, 0) is 19.6 Å². The molecular weight excluding hydrogens is 347 g/mol. The second-order valence-electron chi connectivity index (χ2n) is 6.65. The Balaban J connectivity index is 2.22. The van der Waals surface area contributed by atoms with Gasteiger partial charge in [0.1, 0.15) is 11.9 Å². The van der Waals surface area contributed by atoms with Crippen molar-refractivity contribution >= 4 is 15.9 Å². The number of morpholine rings is 1. The van der Waals surface area contributed by atoms with E-state index in [2.05, 4.69) is 4.72 Å². The topological polar surface area (TPSA) is 75.7 Å². The van der Waals surface area contributed by atoms with Crippen molar-refractivity contribution < 1.29 is 22.3 Å². The summed E-state index contributed by atoms with van der Waals surface area (Å²) in [6, 6.07) is 2.73. The molecule has 140 valence electrons. The lowest BCUT2D eigenvalue weighted by Gasteiger charge is -2.31. The molecule has 0 aliphatic carbocycles. The van der Waals surface area contributed by atoms with E-state index in [1.165, 1.54) is 19.1 Å². The molecule has 0 unspecified atom stereocenters. The molecule has 1 atom stereocenters. The Morgan fingerprint density at radius 3 is 2.52 bits per heavy atom. The Morgan fingerprint density at radius 1 is 1.32 bits per heavy atom. The van der Waals surface area contributed by atoms with Crippen molar-refractivity contribution in [2.45, 2.75) is 38.1 Å². The largest absolute Gasteiger partial charge is 0.378 e. The molecule has 1 amide bonds. The van der Waals surface area contributed by atoms with Crippen molar-refractivity contribution in [3.63, 3.8) is 0 Å². The standard InChI is InChI=1S/C17H25FN2O4S/c1-12(2)10-16(17(21)20-6-8-24-9-7-20)19-25(22,23)14-4-5-15(18)13(3)11-14/h4-5,11-12,16,19H,6-10H2,1-3H3/t16-/m0/s1. The minimum absolute atomic E-state index is 0.0464. The second kappa shape index (κ2) is 8.25. The average molecular weight is 372 g/mol. The maximum absolute atomic E-state index is 13.4. The van der Waals surface area contributed by atoms with Crippen LogP contribution in [0.1, 0.15) is 25.8 Å². The van der Waals surface area contributed by atoms with E-state index in [0.29, 0.717) is 32.7 Å². The summed E-state index contributed by atoms with van der Waals surface area (Å²) in [4.78, 5) is 14.3. The molecule has 0 saturated carbocycles. The van der Waals surface area contributed by atoms with Crippen LogP contribution in [0.5, 0.6) is 0 Å². The average Bonchev–Trinajstić information content (AvgIpc) is 2.56. The van der Waals surface area contributed by atoms with E-state index in [-0.39, 0.29) is 22.3 Å². The summed E-state index contributed by atoms with van der Waals surface area (Å²) in [7, 11) is -3.92. The lowest BCUT2D eigenvalue weighted by molar-refractivity contribution is -0.137. The van der Waals surface area contributed by atoms with Gasteiger partial charge in [-0.15, -0.1) is 0 Å². The van der Waals surface area contributed by atoms with Crippen LogP contribution in [0.15, 0.2) is 23.1 Å². The summed E-state index contributed by atoms with van der Waals surface area (Å²) >= 11 is 0. The van der Waals surface area contributed by atoms with Gasteiger partial charge in [-0.1, -0.05) is 13.8 Å². The Hall–Kier alpha value is -1.51. The molecule has 0 aromatic heterocycles. The normalized spacial score (nSPS) is 16.9. The van der Waals surface area contributed by atoms with Crippen LogP contribution >= 0.6 is 0 Å². The summed E-state index contributed by atoms with van der Waals surface area (Å²) < 4.78 is 46.4. The highest BCUT2D eigenvalue weighted by atomic mass is 32.2. The Kier molecular flexibility index (Phi) is 6.53. The molecule has 1 aliphatic rings. The summed E-state index contributed by atoms with van der Waals surface area (Å²) in [6.45, 7) is 7.15. The van der Waals surface area contributed by atoms with Crippen LogP contribution in [-0.4, -0.2) is 51.6 Å². The predicted octanol–water partition coefficient (Wildman–Crippen LogP) is 1.69. The number of sulfonamides is 1. The van der Waals surface area contributed by atoms with E-state index in [1.54, 1.807) is 4.90 Å². The molecule has 1 aromatic carbocycles. The van der Waals surface area contributed by atoms with E-state index in [0.717, 1.165) is 6.07 Å². The highest BCUT2D eigenvalue weighted by Gasteiger charge is 2.30. The van der Waals surface area contributed by atoms with Crippen LogP contribution in [0.3, 0.4) is 0 Å². The molecule has 1 aliphatic heterocycles. The SMILES string of the molecule is Cc1cc(S(=O)(=O)N[C@@H](CC(C)C)C(=O)N2CCOCC2)ccc1F. The summed E-state index contributed by atoms with van der Waals surface area (Å²) in [5.74, 6) is -0.589. The van der Waals surface area contributed by atoms with Gasteiger partial charge >= 0.3 is 0 Å². The monoisotopic (exact) mass is 372 g/mol. The van der Waals surface area contributed by atoms with Gasteiger partial charge in [0.25, 0.3) is 0 Å². The van der Waals surface area contributed by atoms with Crippen molar-refractivity contribution in [3.8, 4) is 0 Å². The van der Waals surface area contributed by atoms with E-state index in [9.17, 15) is 17.6 Å². The molecule has 0 radical (unpaired) electrons. The summed E-state index contributed by atoms with van der Waals surface area (Å²) in [6.07, 6.45) is 0.385. The number of nitrogens with zero attached hydrogens (tertiary/aromatic N) is 1. The molecule has 8 heteroatoms. The number of carbonyl (C=O) groups excluding carboxylic acids is 1. The Morgan fingerprint density at radius 2 is 1.96 bits per heavy atom. The zero-order valence-electron chi connectivity index (χ0n) is 14.8. The molecule has 1 heterocycles. The predicted molar refractivity (Wildman–Crippen MR) is 92.1 cm³/mol. The van der Waals surface area contributed by atoms with Gasteiger partial charge in [0.2, 0.25) is 15.9 Å². The van der Waals surface area contributed by atoms with Crippen molar-refractivity contribution in [2.75, 3.05) is 26.3 Å². The van der Waals surface area contributed by atoms with Gasteiger partial charge < -0.3 is 9.64 Å². The van der Waals surface area contributed by atoms with Gasteiger partial charge in [0.05, 0.1) is 18.1 Å². The smallest absolute Gasteiger partial charge is 0.241 e. The second-order valence-corrected chi connectivity index (χ2v) is 8.37. The van der Waals surface area contributed by atoms with E-state index in [1.807, 2.05) is 13.8 Å². The van der Waals surface area contributed by atoms with Crippen LogP contribution in [0.2, 0.25) is 0 Å². The third-order valence-corrected chi connectivity index (χ3v) is 5.53. The molecule has 1 fully saturated rings. The number of hydrogen-bond acceptors (Lipinski definition) is 4. The van der Waals surface area contributed by atoms with Gasteiger partial charge in [0, 0.05) is 13.1 Å². The van der Waals surface area contributed by atoms with Gasteiger partial charge in [-0.2, -0.15) is 4.72 Å². The van der Waals surface area contributed by atoms with E-state index in [4.69, 9.17) is 4.74 Å². The number of carbonyl (C=O) groups is 1. The fourth-order valence-electron chi connectivity index (χ4n) is 2.71. The maximum Gasteiger partial charge on any atom is 0.241 e. The highest BCUT2D eigenvalue weighted by Crippen LogP contribution is 2.17. The molecule has 0 bridgehead atoms. The molecule has 1 N–H and O–H groups in total. The number of benzene rings is 1. The summed E-state index contributed by atoms with van der Waals surface area (Å²) in [5, 5.41) is 0. The first-order valence-corrected chi connectivity index (χ1v) is 9.84. The van der Waals surface area contributed by atoms with Crippen molar-refractivity contribution in [2.24, 2.45) is 5.92 Å². The summed E-state index contributed by atoms with van der Waals surface area (Å²) in [5.41, 5.74) is 0.239. The molecule has 6 nitrogen and oxygen atoms in total. The quantitative estimate of drug-likeness (QED) is 0.824. The molecule has 0 spiro atoms. The number of rotatable bonds is 6. The molecule has 25 heavy (non-hydrogen) atoms. The van der Waals surface area contributed by atoms with Crippen molar-refractivity contribution in [1.29, 1.82) is 0 Å². The van der Waals surface area contributed by atoms with Gasteiger partial charge in [0.15, 0.2) is 0 Å². The van der Waals surface area contributed by atoms with Crippen LogP contribution in [0, 0.1) is 18.7 Å². The lowest BCUT2D eigenvalue weighted by Crippen LogP contribution is -2.52. The molecule has 1 saturated heterocycles. The molecule has 2 rings (SSSR count). The molecular formula is C17H25FN2O4S. The van der Waals surface area contributed by atoms with Crippen molar-refractivity contribution in [3.05, 3.63) is 29.6 Å². The number of hydrogen-bond donors (Lipinski definition) is 1. The van der Waals surface area contributed by atoms with Crippen LogP contribution in [0.25, 0.3) is 0 Å². The molecule has 1 aromatic rings. The number of amides is 1. The van der Waals surface area contributed by atoms with E-state index < -0.39 is 21.9 Å². The number of aryl methyl sites for hydroxylation is 1. The first kappa shape index (κ1) is 19.8. The third-order valence-electron chi connectivity index (χ3n) is 4.07. The van der Waals surface area contributed by atoms with Crippen molar-refractivity contribution in [1.82, 2.24) is 9.62 Å². The number of ether oxygens (including phenoxy) is 1. The van der Waals surface area contributed by atoms with Gasteiger partial charge in [-0.25, -0.2) is 12.8 Å². The third kappa shape index (κ3) is 5.23. The highest BCUT2D eigenvalue weighted by molar-refractivity contribution is 7.89. The van der Waals surface area contributed by atoms with E-state index >= 15 is 0 Å². The van der Waals surface area contributed by atoms with Gasteiger partial charge in [-0.3, -0.25) is 4.79 Å². The maximum atomic E-state index is 13.4. The minimum Gasteiger partial charge on any atom is -0.378 e. The fourth-order valence-corrected chi connectivity index (χ4v) is 4.00. The fraction of sp³-hybridized carbons (Fsp3) is 0.588. The lowest BCUT2D eigenvalue weighted by atomic mass is 10.0. The van der Waals surface area contributed by atoms with Crippen LogP contribution < -0.4 is 4.72 Å². The zero-order chi connectivity index (χ0) is 18.6. The Labute approximate surface area is 148 Å². The van der Waals surface area contributed by atoms with Crippen LogP contribution in [0.4, 0.5) is 4.39 Å². The first-order valence-electron chi connectivity index (χ1n) is 8.35. The number of nitrogens with one attached hydrogen (secondary N) is 1. The zero-order valence-corrected chi connectivity index (χ0v) is 15.6.